The molecule has 1 unspecified atom stereocenters. The second-order valence-corrected chi connectivity index (χ2v) is 5.31. The summed E-state index contributed by atoms with van der Waals surface area (Å²) in [5.74, 6) is 0.578. The van der Waals surface area contributed by atoms with Gasteiger partial charge in [0, 0.05) is 13.2 Å². The second kappa shape index (κ2) is 3.88. The van der Waals surface area contributed by atoms with E-state index in [9.17, 15) is 4.57 Å². The summed E-state index contributed by atoms with van der Waals surface area (Å²) in [5, 5.41) is 2.86. The Kier molecular flexibility index (Phi) is 3.29. The molecule has 4 nitrogen and oxygen atoms in total. The van der Waals surface area contributed by atoms with Crippen molar-refractivity contribution in [3.63, 3.8) is 0 Å². The van der Waals surface area contributed by atoms with Crippen molar-refractivity contribution in [2.24, 2.45) is 5.92 Å². The average Bonchev–Trinajstić information content (AvgIpc) is 2.32. The van der Waals surface area contributed by atoms with Crippen molar-refractivity contribution in [1.82, 2.24) is 5.09 Å². The van der Waals surface area contributed by atoms with Crippen molar-refractivity contribution >= 4 is 7.75 Å². The predicted octanol–water partition coefficient (Wildman–Crippen LogP) is 1.78. The van der Waals surface area contributed by atoms with Crippen LogP contribution in [0.1, 0.15) is 20.3 Å². The Morgan fingerprint density at radius 1 is 1.75 bits per heavy atom. The van der Waals surface area contributed by atoms with E-state index in [1.54, 1.807) is 0 Å². The van der Waals surface area contributed by atoms with Crippen LogP contribution in [-0.4, -0.2) is 19.8 Å². The van der Waals surface area contributed by atoms with Gasteiger partial charge in [0.15, 0.2) is 0 Å². The number of rotatable bonds is 3. The van der Waals surface area contributed by atoms with Crippen LogP contribution in [0.25, 0.3) is 0 Å². The first kappa shape index (κ1) is 10.2. The highest BCUT2D eigenvalue weighted by atomic mass is 31.2. The Bertz CT molecular complexity index is 195. The molecule has 0 spiro atoms. The third kappa shape index (κ3) is 2.56. The topological polar surface area (TPSA) is 47.6 Å². The van der Waals surface area contributed by atoms with Gasteiger partial charge in [0.25, 0.3) is 0 Å². The van der Waals surface area contributed by atoms with Crippen molar-refractivity contribution in [2.75, 3.05) is 13.7 Å². The van der Waals surface area contributed by atoms with Gasteiger partial charge >= 0.3 is 7.75 Å². The SMILES string of the molecule is COP1(=O)N[C@@H](CC(C)C)CO1. The van der Waals surface area contributed by atoms with Gasteiger partial charge in [-0.1, -0.05) is 13.8 Å². The molecule has 5 heteroatoms. The van der Waals surface area contributed by atoms with E-state index in [1.165, 1.54) is 7.11 Å². The van der Waals surface area contributed by atoms with Gasteiger partial charge < -0.3 is 4.52 Å². The number of nitrogens with one attached hydrogen (secondary N) is 1. The quantitative estimate of drug-likeness (QED) is 0.694. The number of hydrogen-bond donors (Lipinski definition) is 1. The Morgan fingerprint density at radius 2 is 2.42 bits per heavy atom. The van der Waals surface area contributed by atoms with Crippen molar-refractivity contribution in [2.45, 2.75) is 26.3 Å². The molecule has 0 aromatic rings. The monoisotopic (exact) mass is 193 g/mol. The van der Waals surface area contributed by atoms with E-state index in [2.05, 4.69) is 18.9 Å². The molecule has 0 radical (unpaired) electrons. The Labute approximate surface area is 73.2 Å². The Balaban J connectivity index is 2.40. The van der Waals surface area contributed by atoms with Crippen LogP contribution >= 0.6 is 7.75 Å². The molecular weight excluding hydrogens is 177 g/mol. The van der Waals surface area contributed by atoms with Gasteiger partial charge in [-0.25, -0.2) is 9.65 Å². The molecule has 0 amide bonds. The highest BCUT2D eigenvalue weighted by Crippen LogP contribution is 2.47. The Hall–Kier alpha value is 0.110. The van der Waals surface area contributed by atoms with E-state index in [0.717, 1.165) is 6.42 Å². The van der Waals surface area contributed by atoms with Crippen LogP contribution in [0, 0.1) is 5.92 Å². The van der Waals surface area contributed by atoms with Crippen LogP contribution in [0.4, 0.5) is 0 Å². The Morgan fingerprint density at radius 3 is 2.83 bits per heavy atom. The smallest absolute Gasteiger partial charge is 0.300 e. The molecule has 72 valence electrons. The van der Waals surface area contributed by atoms with Gasteiger partial charge in [-0.15, -0.1) is 0 Å². The predicted molar refractivity (Wildman–Crippen MR) is 46.9 cm³/mol. The van der Waals surface area contributed by atoms with E-state index < -0.39 is 7.75 Å². The standard InChI is InChI=1S/C7H16NO3P/c1-6(2)4-7-5-11-12(9,8-7)10-3/h6-7H,4-5H2,1-3H3,(H,8,9)/t7-,12?/m0/s1. The lowest BCUT2D eigenvalue weighted by atomic mass is 10.1. The first-order chi connectivity index (χ1) is 5.56. The highest BCUT2D eigenvalue weighted by molar-refractivity contribution is 7.51. The largest absolute Gasteiger partial charge is 0.405 e. The zero-order valence-electron chi connectivity index (χ0n) is 7.74. The zero-order valence-corrected chi connectivity index (χ0v) is 8.64. The molecule has 1 aliphatic rings. The summed E-state index contributed by atoms with van der Waals surface area (Å²) in [6, 6.07) is 0.177. The molecule has 0 bridgehead atoms. The zero-order chi connectivity index (χ0) is 9.19. The van der Waals surface area contributed by atoms with Crippen molar-refractivity contribution < 1.29 is 13.6 Å². The summed E-state index contributed by atoms with van der Waals surface area (Å²) in [7, 11) is -1.52. The molecule has 1 saturated heterocycles. The van der Waals surface area contributed by atoms with Crippen LogP contribution in [0.15, 0.2) is 0 Å². The minimum atomic E-state index is -2.91. The highest BCUT2D eigenvalue weighted by Gasteiger charge is 2.35. The molecule has 1 aliphatic heterocycles. The third-order valence-electron chi connectivity index (χ3n) is 1.78. The van der Waals surface area contributed by atoms with E-state index >= 15 is 0 Å². The van der Waals surface area contributed by atoms with Crippen LogP contribution < -0.4 is 5.09 Å². The molecule has 0 saturated carbocycles. The van der Waals surface area contributed by atoms with E-state index in [1.807, 2.05) is 0 Å². The lowest BCUT2D eigenvalue weighted by Crippen LogP contribution is -2.23. The minimum absolute atomic E-state index is 0.177. The summed E-state index contributed by atoms with van der Waals surface area (Å²) in [6.07, 6.45) is 0.966. The third-order valence-corrected chi connectivity index (χ3v) is 3.43. The summed E-state index contributed by atoms with van der Waals surface area (Å²) in [6.45, 7) is 4.73. The maximum atomic E-state index is 11.4. The fourth-order valence-electron chi connectivity index (χ4n) is 1.28. The molecule has 1 rings (SSSR count). The molecule has 12 heavy (non-hydrogen) atoms. The van der Waals surface area contributed by atoms with Gasteiger partial charge in [-0.05, 0) is 12.3 Å². The molecule has 0 aromatic heterocycles. The summed E-state index contributed by atoms with van der Waals surface area (Å²) < 4.78 is 21.2. The minimum Gasteiger partial charge on any atom is -0.300 e. The van der Waals surface area contributed by atoms with E-state index in [4.69, 9.17) is 9.05 Å². The van der Waals surface area contributed by atoms with Gasteiger partial charge in [0.1, 0.15) is 0 Å². The molecular formula is C7H16NO3P. The summed E-state index contributed by atoms with van der Waals surface area (Å²) in [5.41, 5.74) is 0. The second-order valence-electron chi connectivity index (χ2n) is 3.43. The molecule has 1 N–H and O–H groups in total. The summed E-state index contributed by atoms with van der Waals surface area (Å²) >= 11 is 0. The maximum absolute atomic E-state index is 11.4. The van der Waals surface area contributed by atoms with Gasteiger partial charge in [0.2, 0.25) is 0 Å². The van der Waals surface area contributed by atoms with Crippen molar-refractivity contribution in [3.8, 4) is 0 Å². The van der Waals surface area contributed by atoms with E-state index in [0.29, 0.717) is 12.5 Å². The lowest BCUT2D eigenvalue weighted by Gasteiger charge is -2.11. The lowest BCUT2D eigenvalue weighted by molar-refractivity contribution is 0.256. The molecule has 1 heterocycles. The van der Waals surface area contributed by atoms with Crippen molar-refractivity contribution in [1.29, 1.82) is 0 Å². The normalized spacial score (nSPS) is 36.2. The van der Waals surface area contributed by atoms with Crippen LogP contribution in [-0.2, 0) is 13.6 Å². The van der Waals surface area contributed by atoms with Crippen molar-refractivity contribution in [3.05, 3.63) is 0 Å². The first-order valence-corrected chi connectivity index (χ1v) is 5.68. The van der Waals surface area contributed by atoms with E-state index in [-0.39, 0.29) is 6.04 Å². The molecule has 1 fully saturated rings. The maximum Gasteiger partial charge on any atom is 0.405 e. The van der Waals surface area contributed by atoms with Gasteiger partial charge in [0.05, 0.1) is 6.61 Å². The average molecular weight is 193 g/mol. The molecule has 0 aromatic carbocycles. The molecule has 2 atom stereocenters. The van der Waals surface area contributed by atoms with Crippen LogP contribution in [0.3, 0.4) is 0 Å². The summed E-state index contributed by atoms with van der Waals surface area (Å²) in [4.78, 5) is 0. The van der Waals surface area contributed by atoms with Gasteiger partial charge in [-0.3, -0.25) is 4.52 Å². The fraction of sp³-hybridized carbons (Fsp3) is 1.00. The fourth-order valence-corrected chi connectivity index (χ4v) is 2.57. The van der Waals surface area contributed by atoms with Crippen LogP contribution in [0.2, 0.25) is 0 Å². The molecule has 0 aliphatic carbocycles. The van der Waals surface area contributed by atoms with Gasteiger partial charge in [-0.2, -0.15) is 0 Å². The number of hydrogen-bond acceptors (Lipinski definition) is 3. The van der Waals surface area contributed by atoms with Crippen LogP contribution in [0.5, 0.6) is 0 Å². The first-order valence-electron chi connectivity index (χ1n) is 4.14.